The third-order valence-electron chi connectivity index (χ3n) is 2.99. The summed E-state index contributed by atoms with van der Waals surface area (Å²) < 4.78 is 5.20. The molecule has 2 unspecified atom stereocenters. The van der Waals surface area contributed by atoms with Gasteiger partial charge in [-0.15, -0.1) is 0 Å². The lowest BCUT2D eigenvalue weighted by Gasteiger charge is -2.16. The maximum atomic E-state index is 9.46. The second-order valence-corrected chi connectivity index (χ2v) is 4.30. The highest BCUT2D eigenvalue weighted by molar-refractivity contribution is 5.30. The van der Waals surface area contributed by atoms with Crippen LogP contribution < -0.4 is 10.1 Å². The maximum Gasteiger partial charge on any atom is 0.119 e. The number of aliphatic hydroxyl groups is 1. The van der Waals surface area contributed by atoms with Crippen LogP contribution in [0.15, 0.2) is 24.3 Å². The van der Waals surface area contributed by atoms with Crippen molar-refractivity contribution in [3.8, 4) is 5.75 Å². The van der Waals surface area contributed by atoms with Crippen LogP contribution in [-0.2, 0) is 0 Å². The van der Waals surface area contributed by atoms with E-state index < -0.39 is 0 Å². The van der Waals surface area contributed by atoms with Crippen molar-refractivity contribution in [1.82, 2.24) is 5.32 Å². The van der Waals surface area contributed by atoms with Crippen LogP contribution in [0.4, 0.5) is 0 Å². The first-order valence-corrected chi connectivity index (χ1v) is 6.22. The summed E-state index contributed by atoms with van der Waals surface area (Å²) in [5, 5.41) is 12.9. The molecule has 96 valence electrons. The van der Waals surface area contributed by atoms with E-state index in [-0.39, 0.29) is 12.1 Å². The molecule has 0 spiro atoms. The molecule has 0 aromatic heterocycles. The fourth-order valence-electron chi connectivity index (χ4n) is 1.70. The summed E-state index contributed by atoms with van der Waals surface area (Å²) in [5.41, 5.74) is 1.20. The van der Waals surface area contributed by atoms with Crippen LogP contribution >= 0.6 is 0 Å². The van der Waals surface area contributed by atoms with E-state index in [9.17, 15) is 5.11 Å². The van der Waals surface area contributed by atoms with Crippen LogP contribution in [0, 0.1) is 0 Å². The van der Waals surface area contributed by atoms with Gasteiger partial charge < -0.3 is 15.2 Å². The minimum Gasteiger partial charge on any atom is -0.497 e. The van der Waals surface area contributed by atoms with Gasteiger partial charge in [-0.25, -0.2) is 0 Å². The van der Waals surface area contributed by atoms with Gasteiger partial charge in [-0.3, -0.25) is 0 Å². The van der Waals surface area contributed by atoms with E-state index in [1.54, 1.807) is 7.11 Å². The van der Waals surface area contributed by atoms with Crippen LogP contribution in [0.25, 0.3) is 0 Å². The number of benzene rings is 1. The summed E-state index contributed by atoms with van der Waals surface area (Å²) in [6.45, 7) is 4.94. The minimum atomic E-state index is -0.194. The molecular weight excluding hydrogens is 214 g/mol. The van der Waals surface area contributed by atoms with E-state index in [0.717, 1.165) is 25.1 Å². The van der Waals surface area contributed by atoms with Gasteiger partial charge in [-0.1, -0.05) is 19.1 Å². The van der Waals surface area contributed by atoms with Crippen molar-refractivity contribution in [1.29, 1.82) is 0 Å². The third-order valence-corrected chi connectivity index (χ3v) is 2.99. The van der Waals surface area contributed by atoms with Gasteiger partial charge in [0.05, 0.1) is 13.2 Å². The highest BCUT2D eigenvalue weighted by atomic mass is 16.5. The Hall–Kier alpha value is -1.06. The Morgan fingerprint density at radius 2 is 2.18 bits per heavy atom. The Labute approximate surface area is 104 Å². The molecule has 1 rings (SSSR count). The molecule has 17 heavy (non-hydrogen) atoms. The van der Waals surface area contributed by atoms with Crippen molar-refractivity contribution in [3.05, 3.63) is 29.8 Å². The summed E-state index contributed by atoms with van der Waals surface area (Å²) in [7, 11) is 1.68. The van der Waals surface area contributed by atoms with Crippen molar-refractivity contribution in [2.45, 2.75) is 38.8 Å². The quantitative estimate of drug-likeness (QED) is 0.765. The number of hydrogen-bond acceptors (Lipinski definition) is 3. The van der Waals surface area contributed by atoms with Crippen molar-refractivity contribution >= 4 is 0 Å². The predicted molar refractivity (Wildman–Crippen MR) is 70.3 cm³/mol. The molecule has 1 aromatic rings. The largest absolute Gasteiger partial charge is 0.497 e. The SMILES string of the molecule is CCC(O)CCNC(C)c1cccc(OC)c1. The fourth-order valence-corrected chi connectivity index (χ4v) is 1.70. The molecule has 0 fully saturated rings. The van der Waals surface area contributed by atoms with E-state index in [1.807, 2.05) is 25.1 Å². The monoisotopic (exact) mass is 237 g/mol. The molecule has 0 amide bonds. The van der Waals surface area contributed by atoms with Crippen molar-refractivity contribution in [2.75, 3.05) is 13.7 Å². The molecule has 2 atom stereocenters. The van der Waals surface area contributed by atoms with Crippen LogP contribution in [0.5, 0.6) is 5.75 Å². The molecule has 0 radical (unpaired) electrons. The van der Waals surface area contributed by atoms with Crippen LogP contribution in [0.3, 0.4) is 0 Å². The number of aliphatic hydroxyl groups excluding tert-OH is 1. The summed E-state index contributed by atoms with van der Waals surface area (Å²) in [5.74, 6) is 0.879. The standard InChI is InChI=1S/C14H23NO2/c1-4-13(16)8-9-15-11(2)12-6-5-7-14(10-12)17-3/h5-7,10-11,13,15-16H,4,8-9H2,1-3H3. The number of rotatable bonds is 7. The molecule has 0 heterocycles. The van der Waals surface area contributed by atoms with E-state index in [0.29, 0.717) is 0 Å². The van der Waals surface area contributed by atoms with Gasteiger partial charge in [0.15, 0.2) is 0 Å². The summed E-state index contributed by atoms with van der Waals surface area (Å²) in [6.07, 6.45) is 1.42. The van der Waals surface area contributed by atoms with Gasteiger partial charge in [-0.05, 0) is 44.0 Å². The smallest absolute Gasteiger partial charge is 0.119 e. The van der Waals surface area contributed by atoms with Crippen LogP contribution in [0.1, 0.15) is 38.3 Å². The van der Waals surface area contributed by atoms with Crippen LogP contribution in [-0.4, -0.2) is 24.9 Å². The first-order chi connectivity index (χ1) is 8.17. The average molecular weight is 237 g/mol. The molecule has 3 heteroatoms. The zero-order valence-electron chi connectivity index (χ0n) is 10.9. The van der Waals surface area contributed by atoms with Gasteiger partial charge in [0.2, 0.25) is 0 Å². The Balaban J connectivity index is 2.43. The lowest BCUT2D eigenvalue weighted by Crippen LogP contribution is -2.23. The second kappa shape index (κ2) is 7.30. The number of hydrogen-bond donors (Lipinski definition) is 2. The lowest BCUT2D eigenvalue weighted by molar-refractivity contribution is 0.159. The lowest BCUT2D eigenvalue weighted by atomic mass is 10.1. The molecule has 0 bridgehead atoms. The highest BCUT2D eigenvalue weighted by Gasteiger charge is 2.06. The predicted octanol–water partition coefficient (Wildman–Crippen LogP) is 2.51. The topological polar surface area (TPSA) is 41.5 Å². The molecule has 0 saturated carbocycles. The number of methoxy groups -OCH3 is 1. The highest BCUT2D eigenvalue weighted by Crippen LogP contribution is 2.18. The van der Waals surface area contributed by atoms with Gasteiger partial charge in [-0.2, -0.15) is 0 Å². The second-order valence-electron chi connectivity index (χ2n) is 4.30. The van der Waals surface area contributed by atoms with Crippen molar-refractivity contribution in [2.24, 2.45) is 0 Å². The minimum absolute atomic E-state index is 0.194. The number of ether oxygens (including phenoxy) is 1. The molecule has 1 aromatic carbocycles. The summed E-state index contributed by atoms with van der Waals surface area (Å²) >= 11 is 0. The summed E-state index contributed by atoms with van der Waals surface area (Å²) in [6, 6.07) is 8.32. The molecule has 0 aliphatic heterocycles. The average Bonchev–Trinajstić information content (AvgIpc) is 2.38. The molecule has 0 saturated heterocycles. The molecular formula is C14H23NO2. The molecule has 3 nitrogen and oxygen atoms in total. The first-order valence-electron chi connectivity index (χ1n) is 6.22. The van der Waals surface area contributed by atoms with Gasteiger partial charge in [0.1, 0.15) is 5.75 Å². The Morgan fingerprint density at radius 3 is 2.82 bits per heavy atom. The summed E-state index contributed by atoms with van der Waals surface area (Å²) in [4.78, 5) is 0. The Kier molecular flexibility index (Phi) is 6.01. The van der Waals surface area contributed by atoms with Crippen molar-refractivity contribution in [3.63, 3.8) is 0 Å². The normalized spacial score (nSPS) is 14.4. The fraction of sp³-hybridized carbons (Fsp3) is 0.571. The van der Waals surface area contributed by atoms with Gasteiger partial charge >= 0.3 is 0 Å². The van der Waals surface area contributed by atoms with Gasteiger partial charge in [0, 0.05) is 6.04 Å². The van der Waals surface area contributed by atoms with E-state index in [4.69, 9.17) is 4.74 Å². The zero-order valence-corrected chi connectivity index (χ0v) is 10.9. The van der Waals surface area contributed by atoms with E-state index in [2.05, 4.69) is 18.3 Å². The van der Waals surface area contributed by atoms with E-state index >= 15 is 0 Å². The van der Waals surface area contributed by atoms with Gasteiger partial charge in [0.25, 0.3) is 0 Å². The zero-order chi connectivity index (χ0) is 12.7. The van der Waals surface area contributed by atoms with E-state index in [1.165, 1.54) is 5.56 Å². The Bertz CT molecular complexity index is 328. The first kappa shape index (κ1) is 14.0. The third kappa shape index (κ3) is 4.75. The molecule has 2 N–H and O–H groups in total. The van der Waals surface area contributed by atoms with Crippen LogP contribution in [0.2, 0.25) is 0 Å². The Morgan fingerprint density at radius 1 is 1.41 bits per heavy atom. The molecule has 0 aliphatic rings. The maximum absolute atomic E-state index is 9.46. The van der Waals surface area contributed by atoms with Crippen molar-refractivity contribution < 1.29 is 9.84 Å². The number of nitrogens with one attached hydrogen (secondary N) is 1. The molecule has 0 aliphatic carbocycles.